The van der Waals surface area contributed by atoms with Crippen LogP contribution in [0.15, 0.2) is 35.2 Å². The first-order valence-electron chi connectivity index (χ1n) is 3.95. The minimum atomic E-state index is -0.444. The summed E-state index contributed by atoms with van der Waals surface area (Å²) in [6, 6.07) is 2.89. The minimum Gasteiger partial charge on any atom is -0.461 e. The SMILES string of the molecule is O=Cc1occc1-c1cncc(F)c1. The Balaban J connectivity index is 2.54. The second-order valence-electron chi connectivity index (χ2n) is 2.71. The highest BCUT2D eigenvalue weighted by Gasteiger charge is 2.08. The number of hydrogen-bond acceptors (Lipinski definition) is 3. The summed E-state index contributed by atoms with van der Waals surface area (Å²) in [5.41, 5.74) is 1.08. The number of carbonyl (C=O) groups is 1. The third-order valence-electron chi connectivity index (χ3n) is 1.82. The van der Waals surface area contributed by atoms with Crippen LogP contribution < -0.4 is 0 Å². The zero-order chi connectivity index (χ0) is 9.97. The average molecular weight is 191 g/mol. The van der Waals surface area contributed by atoms with Crippen molar-refractivity contribution in [3.05, 3.63) is 42.4 Å². The maximum absolute atomic E-state index is 12.8. The largest absolute Gasteiger partial charge is 0.461 e. The Labute approximate surface area is 79.2 Å². The van der Waals surface area contributed by atoms with E-state index >= 15 is 0 Å². The quantitative estimate of drug-likeness (QED) is 0.684. The number of aromatic nitrogens is 1. The fraction of sp³-hybridized carbons (Fsp3) is 0. The molecule has 0 spiro atoms. The number of nitrogens with zero attached hydrogens (tertiary/aromatic N) is 1. The van der Waals surface area contributed by atoms with E-state index in [4.69, 9.17) is 4.42 Å². The lowest BCUT2D eigenvalue weighted by Gasteiger charge is -1.96. The van der Waals surface area contributed by atoms with Gasteiger partial charge in [0.05, 0.1) is 12.5 Å². The molecular formula is C10H6FNO2. The van der Waals surface area contributed by atoms with Crippen LogP contribution in [0.4, 0.5) is 4.39 Å². The van der Waals surface area contributed by atoms with Crippen molar-refractivity contribution < 1.29 is 13.6 Å². The van der Waals surface area contributed by atoms with Gasteiger partial charge in [-0.1, -0.05) is 0 Å². The molecule has 3 nitrogen and oxygen atoms in total. The molecule has 0 saturated carbocycles. The number of hydrogen-bond donors (Lipinski definition) is 0. The number of aldehydes is 1. The maximum atomic E-state index is 12.8. The van der Waals surface area contributed by atoms with Crippen molar-refractivity contribution in [2.24, 2.45) is 0 Å². The first kappa shape index (κ1) is 8.62. The van der Waals surface area contributed by atoms with Crippen molar-refractivity contribution in [2.45, 2.75) is 0 Å². The van der Waals surface area contributed by atoms with E-state index in [0.29, 0.717) is 17.4 Å². The molecule has 0 unspecified atom stereocenters. The van der Waals surface area contributed by atoms with Crippen LogP contribution in [0.25, 0.3) is 11.1 Å². The van der Waals surface area contributed by atoms with Crippen LogP contribution in [0.3, 0.4) is 0 Å². The summed E-state index contributed by atoms with van der Waals surface area (Å²) in [7, 11) is 0. The average Bonchev–Trinajstić information content (AvgIpc) is 2.65. The summed E-state index contributed by atoms with van der Waals surface area (Å²) < 4.78 is 17.7. The molecule has 0 fully saturated rings. The predicted molar refractivity (Wildman–Crippen MR) is 47.3 cm³/mol. The molecule has 14 heavy (non-hydrogen) atoms. The van der Waals surface area contributed by atoms with Gasteiger partial charge in [-0.25, -0.2) is 4.39 Å². The zero-order valence-corrected chi connectivity index (χ0v) is 7.11. The maximum Gasteiger partial charge on any atom is 0.185 e. The zero-order valence-electron chi connectivity index (χ0n) is 7.11. The van der Waals surface area contributed by atoms with E-state index in [2.05, 4.69) is 4.98 Å². The molecule has 0 amide bonds. The Kier molecular flexibility index (Phi) is 2.10. The molecular weight excluding hydrogens is 185 g/mol. The van der Waals surface area contributed by atoms with Crippen molar-refractivity contribution in [3.8, 4) is 11.1 Å². The molecule has 0 aliphatic carbocycles. The van der Waals surface area contributed by atoms with Gasteiger partial charge in [0.1, 0.15) is 5.82 Å². The van der Waals surface area contributed by atoms with Crippen LogP contribution in [0, 0.1) is 5.82 Å². The number of halogens is 1. The van der Waals surface area contributed by atoms with Crippen LogP contribution in [0.2, 0.25) is 0 Å². The van der Waals surface area contributed by atoms with Crippen molar-refractivity contribution in [3.63, 3.8) is 0 Å². The van der Waals surface area contributed by atoms with E-state index < -0.39 is 5.82 Å². The topological polar surface area (TPSA) is 43.1 Å². The molecule has 0 aliphatic heterocycles. The van der Waals surface area contributed by atoms with E-state index in [9.17, 15) is 9.18 Å². The molecule has 0 aliphatic rings. The highest BCUT2D eigenvalue weighted by Crippen LogP contribution is 2.23. The summed E-state index contributed by atoms with van der Waals surface area (Å²) in [4.78, 5) is 14.2. The lowest BCUT2D eigenvalue weighted by Crippen LogP contribution is -1.84. The first-order chi connectivity index (χ1) is 6.81. The van der Waals surface area contributed by atoms with Gasteiger partial charge >= 0.3 is 0 Å². The van der Waals surface area contributed by atoms with Gasteiger partial charge in [-0.2, -0.15) is 0 Å². The molecule has 2 heterocycles. The van der Waals surface area contributed by atoms with Crippen LogP contribution in [-0.4, -0.2) is 11.3 Å². The molecule has 0 aromatic carbocycles. The Hall–Kier alpha value is -1.97. The summed E-state index contributed by atoms with van der Waals surface area (Å²) >= 11 is 0. The second kappa shape index (κ2) is 3.41. The van der Waals surface area contributed by atoms with Crippen molar-refractivity contribution in [1.29, 1.82) is 0 Å². The minimum absolute atomic E-state index is 0.178. The van der Waals surface area contributed by atoms with Gasteiger partial charge in [-0.15, -0.1) is 0 Å². The Morgan fingerprint density at radius 3 is 3.00 bits per heavy atom. The second-order valence-corrected chi connectivity index (χ2v) is 2.71. The summed E-state index contributed by atoms with van der Waals surface area (Å²) in [6.07, 6.45) is 4.54. The van der Waals surface area contributed by atoms with Crippen LogP contribution in [-0.2, 0) is 0 Å². The van der Waals surface area contributed by atoms with Crippen molar-refractivity contribution in [1.82, 2.24) is 4.98 Å². The third kappa shape index (κ3) is 1.42. The van der Waals surface area contributed by atoms with Gasteiger partial charge in [0, 0.05) is 17.3 Å². The summed E-state index contributed by atoms with van der Waals surface area (Å²) in [6.45, 7) is 0. The molecule has 2 aromatic rings. The van der Waals surface area contributed by atoms with Gasteiger partial charge in [0.15, 0.2) is 12.0 Å². The van der Waals surface area contributed by atoms with E-state index in [1.165, 1.54) is 18.5 Å². The fourth-order valence-corrected chi connectivity index (χ4v) is 1.21. The lowest BCUT2D eigenvalue weighted by molar-refractivity contribution is 0.110. The highest BCUT2D eigenvalue weighted by molar-refractivity contribution is 5.83. The first-order valence-corrected chi connectivity index (χ1v) is 3.95. The van der Waals surface area contributed by atoms with Crippen molar-refractivity contribution in [2.75, 3.05) is 0 Å². The van der Waals surface area contributed by atoms with E-state index in [-0.39, 0.29) is 5.76 Å². The van der Waals surface area contributed by atoms with Gasteiger partial charge < -0.3 is 4.42 Å². The molecule has 2 rings (SSSR count). The smallest absolute Gasteiger partial charge is 0.185 e. The van der Waals surface area contributed by atoms with E-state index in [0.717, 1.165) is 6.20 Å². The van der Waals surface area contributed by atoms with Gasteiger partial charge in [0.25, 0.3) is 0 Å². The monoisotopic (exact) mass is 191 g/mol. The third-order valence-corrected chi connectivity index (χ3v) is 1.82. The highest BCUT2D eigenvalue weighted by atomic mass is 19.1. The molecule has 0 N–H and O–H groups in total. The normalized spacial score (nSPS) is 10.1. The van der Waals surface area contributed by atoms with Crippen LogP contribution in [0.1, 0.15) is 10.6 Å². The molecule has 0 radical (unpaired) electrons. The molecule has 0 atom stereocenters. The number of rotatable bonds is 2. The van der Waals surface area contributed by atoms with Crippen LogP contribution >= 0.6 is 0 Å². The van der Waals surface area contributed by atoms with E-state index in [1.807, 2.05) is 0 Å². The van der Waals surface area contributed by atoms with Gasteiger partial charge in [-0.05, 0) is 12.1 Å². The van der Waals surface area contributed by atoms with Gasteiger partial charge in [0.2, 0.25) is 0 Å². The Morgan fingerprint density at radius 2 is 2.29 bits per heavy atom. The van der Waals surface area contributed by atoms with Crippen molar-refractivity contribution >= 4 is 6.29 Å². The summed E-state index contributed by atoms with van der Waals surface area (Å²) in [5, 5.41) is 0. The van der Waals surface area contributed by atoms with E-state index in [1.54, 1.807) is 6.07 Å². The number of carbonyl (C=O) groups excluding carboxylic acids is 1. The fourth-order valence-electron chi connectivity index (χ4n) is 1.21. The molecule has 4 heteroatoms. The molecule has 0 saturated heterocycles. The number of furan rings is 1. The van der Waals surface area contributed by atoms with Gasteiger partial charge in [-0.3, -0.25) is 9.78 Å². The molecule has 0 bridgehead atoms. The molecule has 2 aromatic heterocycles. The van der Waals surface area contributed by atoms with Crippen LogP contribution in [0.5, 0.6) is 0 Å². The standard InChI is InChI=1S/C10H6FNO2/c11-8-3-7(4-12-5-8)9-1-2-14-10(9)6-13/h1-6H. The Morgan fingerprint density at radius 1 is 1.43 bits per heavy atom. The number of pyridine rings is 1. The molecule has 70 valence electrons. The predicted octanol–water partition coefficient (Wildman–Crippen LogP) is 2.29. The summed E-state index contributed by atoms with van der Waals surface area (Å²) in [5.74, 6) is -0.266. The Bertz CT molecular complexity index is 465. The lowest BCUT2D eigenvalue weighted by atomic mass is 10.1.